The maximum atomic E-state index is 13.0. The van der Waals surface area contributed by atoms with Crippen LogP contribution in [0.25, 0.3) is 6.08 Å². The van der Waals surface area contributed by atoms with E-state index in [1.165, 1.54) is 31.4 Å². The molecular formula is C25H17ClN4O8. The lowest BCUT2D eigenvalue weighted by Crippen LogP contribution is -2.30. The summed E-state index contributed by atoms with van der Waals surface area (Å²) in [5, 5.41) is 23.5. The number of nitriles is 1. The fourth-order valence-electron chi connectivity index (χ4n) is 3.60. The number of ether oxygens (including phenoxy) is 2. The predicted octanol–water partition coefficient (Wildman–Crippen LogP) is 4.17. The molecule has 1 aliphatic heterocycles. The molecular weight excluding hydrogens is 520 g/mol. The van der Waals surface area contributed by atoms with Crippen LogP contribution >= 0.6 is 11.6 Å². The maximum absolute atomic E-state index is 13.0. The molecule has 3 amide bonds. The van der Waals surface area contributed by atoms with Crippen LogP contribution in [0, 0.1) is 21.4 Å². The zero-order valence-corrected chi connectivity index (χ0v) is 20.4. The van der Waals surface area contributed by atoms with Crippen LogP contribution in [-0.4, -0.2) is 34.8 Å². The minimum absolute atomic E-state index is 0.00659. The Kier molecular flexibility index (Phi) is 7.40. The van der Waals surface area contributed by atoms with Gasteiger partial charge in [-0.2, -0.15) is 5.26 Å². The number of nitrogens with one attached hydrogen (secondary N) is 1. The van der Waals surface area contributed by atoms with E-state index in [9.17, 15) is 29.8 Å². The Hall–Kier alpha value is -5.15. The number of imide groups is 1. The van der Waals surface area contributed by atoms with E-state index in [4.69, 9.17) is 20.8 Å². The molecule has 3 aromatic rings. The van der Waals surface area contributed by atoms with Gasteiger partial charge in [0.1, 0.15) is 18.1 Å². The van der Waals surface area contributed by atoms with Gasteiger partial charge in [-0.3, -0.25) is 19.8 Å². The Morgan fingerprint density at radius 3 is 2.74 bits per heavy atom. The van der Waals surface area contributed by atoms with E-state index in [0.717, 1.165) is 11.0 Å². The molecule has 0 radical (unpaired) electrons. The van der Waals surface area contributed by atoms with Crippen LogP contribution in [0.15, 0.2) is 58.6 Å². The number of urea groups is 1. The van der Waals surface area contributed by atoms with Crippen LogP contribution < -0.4 is 10.1 Å². The minimum atomic E-state index is -0.779. The number of methoxy groups -OCH3 is 1. The van der Waals surface area contributed by atoms with Crippen LogP contribution in [0.1, 0.15) is 33.0 Å². The van der Waals surface area contributed by atoms with Crippen molar-refractivity contribution in [2.24, 2.45) is 0 Å². The number of nitro groups is 1. The summed E-state index contributed by atoms with van der Waals surface area (Å²) in [6.07, 6.45) is 1.20. The van der Waals surface area contributed by atoms with Crippen molar-refractivity contribution >= 4 is 41.3 Å². The van der Waals surface area contributed by atoms with Gasteiger partial charge >= 0.3 is 17.7 Å². The highest BCUT2D eigenvalue weighted by molar-refractivity contribution is 6.31. The molecule has 1 saturated heterocycles. The maximum Gasteiger partial charge on any atom is 0.373 e. The Labute approximate surface area is 219 Å². The first-order valence-corrected chi connectivity index (χ1v) is 11.2. The van der Waals surface area contributed by atoms with E-state index in [-0.39, 0.29) is 46.7 Å². The average Bonchev–Trinajstić information content (AvgIpc) is 3.47. The van der Waals surface area contributed by atoms with E-state index in [2.05, 4.69) is 10.1 Å². The lowest BCUT2D eigenvalue weighted by Gasteiger charge is -2.12. The van der Waals surface area contributed by atoms with E-state index in [0.29, 0.717) is 11.1 Å². The third kappa shape index (κ3) is 5.32. The van der Waals surface area contributed by atoms with Crippen LogP contribution in [0.4, 0.5) is 10.5 Å². The molecule has 1 aliphatic rings. The first kappa shape index (κ1) is 25.9. The smallest absolute Gasteiger partial charge is 0.373 e. The molecule has 4 rings (SSSR count). The third-order valence-electron chi connectivity index (χ3n) is 5.39. The molecule has 2 heterocycles. The number of hydrogen-bond acceptors (Lipinski definition) is 9. The molecule has 1 N–H and O–H groups in total. The SMILES string of the molecule is COC(=O)c1ccc(CN2C(=O)N/C(=C\c3cc(Cl)cc([N+](=O)[O-])c3OCc3ccccc3C#N)C2=O)o1. The summed E-state index contributed by atoms with van der Waals surface area (Å²) in [7, 11) is 1.18. The number of halogens is 1. The number of furan rings is 1. The quantitative estimate of drug-likeness (QED) is 0.146. The normalized spacial score (nSPS) is 13.8. The van der Waals surface area contributed by atoms with E-state index in [1.54, 1.807) is 24.3 Å². The highest BCUT2D eigenvalue weighted by atomic mass is 35.5. The molecule has 0 aliphatic carbocycles. The van der Waals surface area contributed by atoms with Gasteiger partial charge in [-0.1, -0.05) is 29.8 Å². The summed E-state index contributed by atoms with van der Waals surface area (Å²) in [6.45, 7) is -0.473. The second-order valence-corrected chi connectivity index (χ2v) is 8.23. The number of amides is 3. The summed E-state index contributed by atoms with van der Waals surface area (Å²) in [5.41, 5.74) is 0.187. The van der Waals surface area contributed by atoms with Crippen molar-refractivity contribution in [1.29, 1.82) is 5.26 Å². The summed E-state index contributed by atoms with van der Waals surface area (Å²) in [6, 6.07) is 13.0. The topological polar surface area (TPSA) is 165 Å². The first-order valence-electron chi connectivity index (χ1n) is 10.8. The lowest BCUT2D eigenvalue weighted by molar-refractivity contribution is -0.385. The fourth-order valence-corrected chi connectivity index (χ4v) is 3.83. The second-order valence-electron chi connectivity index (χ2n) is 7.80. The van der Waals surface area contributed by atoms with Gasteiger partial charge in [-0.15, -0.1) is 0 Å². The number of carbonyl (C=O) groups is 3. The summed E-state index contributed by atoms with van der Waals surface area (Å²) in [4.78, 5) is 49.0. The summed E-state index contributed by atoms with van der Waals surface area (Å²) < 4.78 is 15.6. The van der Waals surface area contributed by atoms with Crippen molar-refractivity contribution < 1.29 is 33.2 Å². The molecule has 1 aromatic heterocycles. The zero-order chi connectivity index (χ0) is 27.4. The van der Waals surface area contributed by atoms with Crippen molar-refractivity contribution in [2.45, 2.75) is 13.2 Å². The van der Waals surface area contributed by atoms with Crippen molar-refractivity contribution in [3.8, 4) is 11.8 Å². The Bertz CT molecular complexity index is 1540. The molecule has 12 nitrogen and oxygen atoms in total. The van der Waals surface area contributed by atoms with Crippen molar-refractivity contribution in [3.05, 3.63) is 97.6 Å². The molecule has 13 heteroatoms. The average molecular weight is 537 g/mol. The molecule has 0 atom stereocenters. The molecule has 1 fully saturated rings. The Morgan fingerprint density at radius 2 is 2.03 bits per heavy atom. The van der Waals surface area contributed by atoms with Gasteiger partial charge in [-0.25, -0.2) is 9.59 Å². The van der Waals surface area contributed by atoms with Gasteiger partial charge in [0.15, 0.2) is 0 Å². The number of nitrogens with zero attached hydrogens (tertiary/aromatic N) is 3. The molecule has 0 spiro atoms. The van der Waals surface area contributed by atoms with Crippen LogP contribution in [0.3, 0.4) is 0 Å². The van der Waals surface area contributed by atoms with Gasteiger partial charge in [0.05, 0.1) is 30.2 Å². The minimum Gasteiger partial charge on any atom is -0.481 e. The number of benzene rings is 2. The van der Waals surface area contributed by atoms with Gasteiger partial charge < -0.3 is 19.2 Å². The third-order valence-corrected chi connectivity index (χ3v) is 5.61. The second kappa shape index (κ2) is 10.9. The van der Waals surface area contributed by atoms with E-state index >= 15 is 0 Å². The highest BCUT2D eigenvalue weighted by Gasteiger charge is 2.35. The molecule has 192 valence electrons. The predicted molar refractivity (Wildman–Crippen MR) is 131 cm³/mol. The Morgan fingerprint density at radius 1 is 1.26 bits per heavy atom. The van der Waals surface area contributed by atoms with Gasteiger partial charge in [0.25, 0.3) is 5.91 Å². The van der Waals surface area contributed by atoms with Crippen molar-refractivity contribution in [2.75, 3.05) is 7.11 Å². The first-order chi connectivity index (χ1) is 18.2. The summed E-state index contributed by atoms with van der Waals surface area (Å²) in [5.74, 6) is -1.64. The van der Waals surface area contributed by atoms with Crippen molar-refractivity contribution in [1.82, 2.24) is 10.2 Å². The van der Waals surface area contributed by atoms with Gasteiger partial charge in [0.2, 0.25) is 11.5 Å². The molecule has 0 saturated carbocycles. The van der Waals surface area contributed by atoms with E-state index < -0.39 is 28.5 Å². The number of rotatable bonds is 8. The molecule has 38 heavy (non-hydrogen) atoms. The zero-order valence-electron chi connectivity index (χ0n) is 19.6. The number of hydrogen-bond donors (Lipinski definition) is 1. The van der Waals surface area contributed by atoms with E-state index in [1.807, 2.05) is 6.07 Å². The van der Waals surface area contributed by atoms with Gasteiger partial charge in [0, 0.05) is 22.2 Å². The largest absolute Gasteiger partial charge is 0.481 e. The summed E-state index contributed by atoms with van der Waals surface area (Å²) >= 11 is 6.09. The van der Waals surface area contributed by atoms with Crippen molar-refractivity contribution in [3.63, 3.8) is 0 Å². The number of carbonyl (C=O) groups excluding carboxylic acids is 3. The molecule has 2 aromatic carbocycles. The molecule has 0 unspecified atom stereocenters. The van der Waals surface area contributed by atoms with Crippen LogP contribution in [0.5, 0.6) is 5.75 Å². The highest BCUT2D eigenvalue weighted by Crippen LogP contribution is 2.37. The standard InChI is InChI=1S/C25H17ClN4O8/c1-36-24(32)21-7-6-18(38-21)12-29-23(31)19(28-25(29)33)9-16-8-17(26)10-20(30(34)35)22(16)37-13-15-5-3-2-4-14(15)11-27/h2-10H,12-13H2,1H3,(H,28,33)/b19-9-. The fraction of sp³-hybridized carbons (Fsp3) is 0.120. The monoisotopic (exact) mass is 536 g/mol. The van der Waals surface area contributed by atoms with Crippen LogP contribution in [-0.2, 0) is 22.7 Å². The number of esters is 1. The Balaban J connectivity index is 1.64. The van der Waals surface area contributed by atoms with Gasteiger partial charge in [-0.05, 0) is 30.3 Å². The molecule has 0 bridgehead atoms. The lowest BCUT2D eigenvalue weighted by atomic mass is 10.1. The van der Waals surface area contributed by atoms with Crippen LogP contribution in [0.2, 0.25) is 5.02 Å². The number of nitro benzene ring substituents is 1.